The van der Waals surface area contributed by atoms with E-state index in [1.165, 1.54) is 4.88 Å². The Balaban J connectivity index is 2.58. The first-order chi connectivity index (χ1) is 6.96. The lowest BCUT2D eigenvalue weighted by Crippen LogP contribution is -2.35. The van der Waals surface area contributed by atoms with Gasteiger partial charge in [0.25, 0.3) is 0 Å². The molecule has 1 atom stereocenters. The van der Waals surface area contributed by atoms with E-state index in [0.29, 0.717) is 6.04 Å². The second-order valence-corrected chi connectivity index (χ2v) is 5.91. The maximum atomic E-state index is 9.23. The largest absolute Gasteiger partial charge is 0.396 e. The number of aliphatic hydroxyl groups is 1. The first-order valence-corrected chi connectivity index (χ1v) is 6.19. The molecular weight excluding hydrogens is 206 g/mol. The molecule has 1 rings (SSSR count). The Kier molecular flexibility index (Phi) is 4.32. The lowest BCUT2D eigenvalue weighted by atomic mass is 9.94. The van der Waals surface area contributed by atoms with Gasteiger partial charge in [0.05, 0.1) is 0 Å². The number of hydrogen-bond acceptors (Lipinski definition) is 3. The van der Waals surface area contributed by atoms with Crippen LogP contribution in [0, 0.1) is 5.41 Å². The summed E-state index contributed by atoms with van der Waals surface area (Å²) >= 11 is 1.79. The van der Waals surface area contributed by atoms with E-state index in [1.807, 2.05) is 0 Å². The van der Waals surface area contributed by atoms with Crippen molar-refractivity contribution in [2.24, 2.45) is 5.41 Å². The summed E-state index contributed by atoms with van der Waals surface area (Å²) in [6.07, 6.45) is 0. The molecule has 0 fully saturated rings. The molecule has 0 spiro atoms. The van der Waals surface area contributed by atoms with E-state index >= 15 is 0 Å². The van der Waals surface area contributed by atoms with Crippen LogP contribution in [0.15, 0.2) is 17.5 Å². The van der Waals surface area contributed by atoms with E-state index in [2.05, 4.69) is 50.2 Å². The Bertz CT molecular complexity index is 282. The Labute approximate surface area is 96.5 Å². The molecule has 0 aliphatic heterocycles. The molecule has 1 aromatic rings. The standard InChI is InChI=1S/C12H21NOS/c1-10(11-6-5-7-15-11)13(4)8-12(2,3)9-14/h5-7,10,14H,8-9H2,1-4H3. The van der Waals surface area contributed by atoms with Crippen LogP contribution in [-0.4, -0.2) is 30.2 Å². The minimum Gasteiger partial charge on any atom is -0.396 e. The van der Waals surface area contributed by atoms with E-state index in [1.54, 1.807) is 11.3 Å². The molecule has 0 amide bonds. The van der Waals surface area contributed by atoms with Gasteiger partial charge in [-0.15, -0.1) is 11.3 Å². The zero-order valence-electron chi connectivity index (χ0n) is 10.0. The summed E-state index contributed by atoms with van der Waals surface area (Å²) in [4.78, 5) is 3.67. The maximum absolute atomic E-state index is 9.23. The summed E-state index contributed by atoms with van der Waals surface area (Å²) in [5.41, 5.74) is -0.0275. The summed E-state index contributed by atoms with van der Waals surface area (Å²) < 4.78 is 0. The molecule has 1 heterocycles. The van der Waals surface area contributed by atoms with Gasteiger partial charge in [-0.25, -0.2) is 0 Å². The van der Waals surface area contributed by atoms with Gasteiger partial charge in [0.15, 0.2) is 0 Å². The molecule has 15 heavy (non-hydrogen) atoms. The van der Waals surface area contributed by atoms with Crippen LogP contribution in [0.3, 0.4) is 0 Å². The molecule has 0 aliphatic rings. The van der Waals surface area contributed by atoms with Gasteiger partial charge >= 0.3 is 0 Å². The average Bonchev–Trinajstić information content (AvgIpc) is 2.68. The van der Waals surface area contributed by atoms with Crippen LogP contribution in [0.4, 0.5) is 0 Å². The van der Waals surface area contributed by atoms with Gasteiger partial charge in [-0.05, 0) is 25.4 Å². The molecule has 1 aromatic heterocycles. The van der Waals surface area contributed by atoms with Crippen molar-refractivity contribution >= 4 is 11.3 Å². The van der Waals surface area contributed by atoms with Crippen molar-refractivity contribution in [2.45, 2.75) is 26.8 Å². The third-order valence-electron chi connectivity index (χ3n) is 2.72. The van der Waals surface area contributed by atoms with Gasteiger partial charge in [0.2, 0.25) is 0 Å². The summed E-state index contributed by atoms with van der Waals surface area (Å²) in [6.45, 7) is 7.52. The van der Waals surface area contributed by atoms with Crippen molar-refractivity contribution < 1.29 is 5.11 Å². The van der Waals surface area contributed by atoms with Gasteiger partial charge in [-0.3, -0.25) is 4.90 Å². The fraction of sp³-hybridized carbons (Fsp3) is 0.667. The first-order valence-electron chi connectivity index (χ1n) is 5.31. The zero-order chi connectivity index (χ0) is 11.5. The minimum atomic E-state index is -0.0275. The molecule has 1 N–H and O–H groups in total. The van der Waals surface area contributed by atoms with Crippen LogP contribution in [0.5, 0.6) is 0 Å². The van der Waals surface area contributed by atoms with Crippen LogP contribution in [0.25, 0.3) is 0 Å². The monoisotopic (exact) mass is 227 g/mol. The van der Waals surface area contributed by atoms with Crippen molar-refractivity contribution in [3.8, 4) is 0 Å². The molecule has 0 saturated carbocycles. The van der Waals surface area contributed by atoms with Gasteiger partial charge in [-0.2, -0.15) is 0 Å². The van der Waals surface area contributed by atoms with Gasteiger partial charge in [0.1, 0.15) is 0 Å². The topological polar surface area (TPSA) is 23.5 Å². The van der Waals surface area contributed by atoms with E-state index in [4.69, 9.17) is 0 Å². The smallest absolute Gasteiger partial charge is 0.0494 e. The van der Waals surface area contributed by atoms with Crippen LogP contribution in [0.1, 0.15) is 31.7 Å². The summed E-state index contributed by atoms with van der Waals surface area (Å²) in [5, 5.41) is 11.3. The highest BCUT2D eigenvalue weighted by Crippen LogP contribution is 2.26. The van der Waals surface area contributed by atoms with Gasteiger partial charge < -0.3 is 5.11 Å². The Morgan fingerprint density at radius 1 is 1.53 bits per heavy atom. The van der Waals surface area contributed by atoms with Crippen molar-refractivity contribution in [3.05, 3.63) is 22.4 Å². The molecule has 0 saturated heterocycles. The molecule has 0 radical (unpaired) electrons. The number of nitrogens with zero attached hydrogens (tertiary/aromatic N) is 1. The number of aliphatic hydroxyl groups excluding tert-OH is 1. The second kappa shape index (κ2) is 5.10. The minimum absolute atomic E-state index is 0.0275. The Morgan fingerprint density at radius 3 is 2.67 bits per heavy atom. The molecule has 2 nitrogen and oxygen atoms in total. The fourth-order valence-electron chi connectivity index (χ4n) is 1.61. The van der Waals surface area contributed by atoms with E-state index in [-0.39, 0.29) is 12.0 Å². The van der Waals surface area contributed by atoms with E-state index in [9.17, 15) is 5.11 Å². The van der Waals surface area contributed by atoms with Crippen molar-refractivity contribution in [1.82, 2.24) is 4.90 Å². The second-order valence-electron chi connectivity index (χ2n) is 4.93. The summed E-state index contributed by atoms with van der Waals surface area (Å²) in [7, 11) is 2.11. The molecule has 0 aliphatic carbocycles. The Morgan fingerprint density at radius 2 is 2.20 bits per heavy atom. The molecular formula is C12H21NOS. The average molecular weight is 227 g/mol. The number of thiophene rings is 1. The van der Waals surface area contributed by atoms with Gasteiger partial charge in [-0.1, -0.05) is 19.9 Å². The summed E-state index contributed by atoms with van der Waals surface area (Å²) in [6, 6.07) is 4.68. The number of hydrogen-bond donors (Lipinski definition) is 1. The van der Waals surface area contributed by atoms with Crippen molar-refractivity contribution in [2.75, 3.05) is 20.2 Å². The van der Waals surface area contributed by atoms with Crippen molar-refractivity contribution in [3.63, 3.8) is 0 Å². The lowest BCUT2D eigenvalue weighted by Gasteiger charge is -2.32. The van der Waals surface area contributed by atoms with Crippen molar-refractivity contribution in [1.29, 1.82) is 0 Å². The van der Waals surface area contributed by atoms with Crippen LogP contribution in [0.2, 0.25) is 0 Å². The molecule has 1 unspecified atom stereocenters. The number of rotatable bonds is 5. The third-order valence-corrected chi connectivity index (χ3v) is 3.76. The van der Waals surface area contributed by atoms with Crippen LogP contribution >= 0.6 is 11.3 Å². The molecule has 3 heteroatoms. The SMILES string of the molecule is CC(c1cccs1)N(C)CC(C)(C)CO. The normalized spacial score (nSPS) is 14.5. The van der Waals surface area contributed by atoms with Crippen LogP contribution < -0.4 is 0 Å². The quantitative estimate of drug-likeness (QED) is 0.836. The van der Waals surface area contributed by atoms with E-state index < -0.39 is 0 Å². The van der Waals surface area contributed by atoms with E-state index in [0.717, 1.165) is 6.54 Å². The highest BCUT2D eigenvalue weighted by Gasteiger charge is 2.22. The molecule has 0 bridgehead atoms. The van der Waals surface area contributed by atoms with Crippen LogP contribution in [-0.2, 0) is 0 Å². The third kappa shape index (κ3) is 3.59. The summed E-state index contributed by atoms with van der Waals surface area (Å²) in [5.74, 6) is 0. The fourth-order valence-corrected chi connectivity index (χ4v) is 2.46. The molecule has 86 valence electrons. The van der Waals surface area contributed by atoms with Gasteiger partial charge in [0, 0.05) is 29.5 Å². The zero-order valence-corrected chi connectivity index (χ0v) is 10.8. The first kappa shape index (κ1) is 12.7. The maximum Gasteiger partial charge on any atom is 0.0494 e. The predicted octanol–water partition coefficient (Wildman–Crippen LogP) is 2.76. The highest BCUT2D eigenvalue weighted by atomic mass is 32.1. The Hall–Kier alpha value is -0.380. The lowest BCUT2D eigenvalue weighted by molar-refractivity contribution is 0.0993. The highest BCUT2D eigenvalue weighted by molar-refractivity contribution is 7.10. The molecule has 0 aromatic carbocycles. The predicted molar refractivity (Wildman–Crippen MR) is 66.2 cm³/mol.